The number of benzene rings is 2. The number of aliphatic hydroxyl groups is 1. The van der Waals surface area contributed by atoms with Crippen LogP contribution in [-0.2, 0) is 14.3 Å². The van der Waals surface area contributed by atoms with E-state index in [0.717, 1.165) is 4.90 Å². The van der Waals surface area contributed by atoms with Crippen molar-refractivity contribution in [2.45, 2.75) is 11.0 Å². The maximum Gasteiger partial charge on any atom is 0.337 e. The Kier molecular flexibility index (Phi) is 7.39. The molecule has 0 bridgehead atoms. The van der Waals surface area contributed by atoms with E-state index in [-0.39, 0.29) is 6.54 Å². The topological polar surface area (TPSA) is 105 Å². The van der Waals surface area contributed by atoms with Crippen LogP contribution in [0.3, 0.4) is 0 Å². The number of ether oxygens (including phenoxy) is 1. The number of aliphatic hydroxyl groups excluding tert-OH is 1. The van der Waals surface area contributed by atoms with Gasteiger partial charge in [-0.15, -0.1) is 11.8 Å². The van der Waals surface area contributed by atoms with Crippen LogP contribution in [0.2, 0.25) is 0 Å². The molecule has 0 aliphatic carbocycles. The minimum Gasteiger partial charge on any atom is -0.465 e. The number of rotatable bonds is 6. The highest BCUT2D eigenvalue weighted by molar-refractivity contribution is 7.98. The summed E-state index contributed by atoms with van der Waals surface area (Å²) in [6, 6.07) is 13.2. The molecular weight excluding hydrogens is 368 g/mol. The molecule has 142 valence electrons. The van der Waals surface area contributed by atoms with Gasteiger partial charge in [0.15, 0.2) is 0 Å². The Morgan fingerprint density at radius 2 is 1.67 bits per heavy atom. The first-order valence-corrected chi connectivity index (χ1v) is 9.26. The molecule has 0 saturated carbocycles. The summed E-state index contributed by atoms with van der Waals surface area (Å²) in [4.78, 5) is 36.2. The van der Waals surface area contributed by atoms with Gasteiger partial charge >= 0.3 is 17.8 Å². The summed E-state index contributed by atoms with van der Waals surface area (Å²) >= 11 is 1.59. The van der Waals surface area contributed by atoms with Crippen LogP contribution in [-0.4, -0.2) is 42.8 Å². The van der Waals surface area contributed by atoms with Gasteiger partial charge in [0.05, 0.1) is 18.8 Å². The fourth-order valence-corrected chi connectivity index (χ4v) is 2.62. The van der Waals surface area contributed by atoms with E-state index in [2.05, 4.69) is 15.4 Å². The number of carbonyl (C=O) groups excluding carboxylic acids is 3. The Balaban J connectivity index is 1.85. The lowest BCUT2D eigenvalue weighted by Gasteiger charge is -2.13. The zero-order valence-corrected chi connectivity index (χ0v) is 15.7. The summed E-state index contributed by atoms with van der Waals surface area (Å²) in [6.07, 6.45) is 1.03. The number of methoxy groups -OCH3 is 1. The number of carbonyl (C=O) groups is 3. The molecule has 0 aromatic heterocycles. The molecule has 0 radical (unpaired) electrons. The van der Waals surface area contributed by atoms with Crippen molar-refractivity contribution in [2.75, 3.05) is 25.2 Å². The molecule has 2 amide bonds. The summed E-state index contributed by atoms with van der Waals surface area (Å²) in [6.45, 7) is -0.0911. The number of nitrogens with one attached hydrogen (secondary N) is 2. The molecule has 0 unspecified atom stereocenters. The van der Waals surface area contributed by atoms with Gasteiger partial charge in [-0.25, -0.2) is 4.79 Å². The van der Waals surface area contributed by atoms with Crippen LogP contribution in [0, 0.1) is 0 Å². The van der Waals surface area contributed by atoms with Crippen LogP contribution in [0.25, 0.3) is 0 Å². The average Bonchev–Trinajstić information content (AvgIpc) is 2.71. The molecule has 2 rings (SSSR count). The summed E-state index contributed by atoms with van der Waals surface area (Å²) in [5, 5.41) is 14.9. The molecule has 0 saturated heterocycles. The maximum atomic E-state index is 11.9. The third kappa shape index (κ3) is 5.83. The molecule has 3 N–H and O–H groups in total. The summed E-state index contributed by atoms with van der Waals surface area (Å²) in [5.74, 6) is -2.23. The van der Waals surface area contributed by atoms with Gasteiger partial charge in [0.2, 0.25) is 0 Å². The van der Waals surface area contributed by atoms with Crippen molar-refractivity contribution in [3.05, 3.63) is 59.7 Å². The summed E-state index contributed by atoms with van der Waals surface area (Å²) < 4.78 is 4.58. The Hall–Kier alpha value is -2.84. The van der Waals surface area contributed by atoms with Crippen LogP contribution >= 0.6 is 11.8 Å². The van der Waals surface area contributed by atoms with Gasteiger partial charge < -0.3 is 20.5 Å². The van der Waals surface area contributed by atoms with Crippen molar-refractivity contribution in [2.24, 2.45) is 0 Å². The molecule has 0 heterocycles. The van der Waals surface area contributed by atoms with Crippen molar-refractivity contribution in [3.63, 3.8) is 0 Å². The summed E-state index contributed by atoms with van der Waals surface area (Å²) in [7, 11) is 1.27. The first-order valence-electron chi connectivity index (χ1n) is 8.04. The highest BCUT2D eigenvalue weighted by atomic mass is 32.2. The van der Waals surface area contributed by atoms with E-state index in [1.165, 1.54) is 31.4 Å². The van der Waals surface area contributed by atoms with E-state index in [9.17, 15) is 19.5 Å². The van der Waals surface area contributed by atoms with Gasteiger partial charge in [-0.1, -0.05) is 12.1 Å². The van der Waals surface area contributed by atoms with Crippen molar-refractivity contribution >= 4 is 35.2 Å². The van der Waals surface area contributed by atoms with Crippen LogP contribution in [0.4, 0.5) is 5.69 Å². The molecule has 2 aromatic rings. The molecule has 7 nitrogen and oxygen atoms in total. The van der Waals surface area contributed by atoms with Gasteiger partial charge in [0, 0.05) is 17.1 Å². The first kappa shape index (κ1) is 20.5. The first-order chi connectivity index (χ1) is 12.9. The van der Waals surface area contributed by atoms with E-state index < -0.39 is 23.9 Å². The van der Waals surface area contributed by atoms with E-state index >= 15 is 0 Å². The Morgan fingerprint density at radius 1 is 1.04 bits per heavy atom. The predicted octanol–water partition coefficient (Wildman–Crippen LogP) is 1.98. The predicted molar refractivity (Wildman–Crippen MR) is 103 cm³/mol. The SMILES string of the molecule is COC(=O)c1ccc(NC(=O)C(=O)NC[C@@H](O)c2ccc(SC)cc2)cc1. The molecular formula is C19H20N2O5S. The number of thioether (sulfide) groups is 1. The maximum absolute atomic E-state index is 11.9. The van der Waals surface area contributed by atoms with Crippen LogP contribution in [0.15, 0.2) is 53.4 Å². The third-order valence-corrected chi connectivity index (χ3v) is 4.47. The number of esters is 1. The fourth-order valence-electron chi connectivity index (χ4n) is 2.21. The van der Waals surface area contributed by atoms with Crippen molar-refractivity contribution in [1.29, 1.82) is 0 Å². The molecule has 2 aromatic carbocycles. The zero-order valence-electron chi connectivity index (χ0n) is 14.9. The van der Waals surface area contributed by atoms with E-state index in [1.54, 1.807) is 23.9 Å². The molecule has 1 atom stereocenters. The van der Waals surface area contributed by atoms with Crippen LogP contribution in [0.1, 0.15) is 22.0 Å². The molecule has 0 fully saturated rings. The normalized spacial score (nSPS) is 11.4. The minimum atomic E-state index is -0.919. The van der Waals surface area contributed by atoms with Gasteiger partial charge in [-0.05, 0) is 48.2 Å². The van der Waals surface area contributed by atoms with Gasteiger partial charge in [0.1, 0.15) is 0 Å². The lowest BCUT2D eigenvalue weighted by molar-refractivity contribution is -0.136. The summed E-state index contributed by atoms with van der Waals surface area (Å²) in [5.41, 5.74) is 1.33. The van der Waals surface area contributed by atoms with Crippen LogP contribution < -0.4 is 10.6 Å². The van der Waals surface area contributed by atoms with Crippen molar-refractivity contribution < 1.29 is 24.2 Å². The highest BCUT2D eigenvalue weighted by Gasteiger charge is 2.16. The number of amides is 2. The van der Waals surface area contributed by atoms with Crippen molar-refractivity contribution in [1.82, 2.24) is 5.32 Å². The molecule has 0 aliphatic rings. The van der Waals surface area contributed by atoms with E-state index in [0.29, 0.717) is 16.8 Å². The standard InChI is InChI=1S/C19H20N2O5S/c1-26-19(25)13-3-7-14(8-4-13)21-18(24)17(23)20-11-16(22)12-5-9-15(27-2)10-6-12/h3-10,16,22H,11H2,1-2H3,(H,20,23)(H,21,24)/t16-/m1/s1. The highest BCUT2D eigenvalue weighted by Crippen LogP contribution is 2.18. The lowest BCUT2D eigenvalue weighted by atomic mass is 10.1. The smallest absolute Gasteiger partial charge is 0.337 e. The van der Waals surface area contributed by atoms with E-state index in [4.69, 9.17) is 0 Å². The zero-order chi connectivity index (χ0) is 19.8. The number of hydrogen-bond acceptors (Lipinski definition) is 6. The van der Waals surface area contributed by atoms with Gasteiger partial charge in [-0.2, -0.15) is 0 Å². The second kappa shape index (κ2) is 9.75. The number of hydrogen-bond donors (Lipinski definition) is 3. The van der Waals surface area contributed by atoms with E-state index in [1.807, 2.05) is 18.4 Å². The molecule has 27 heavy (non-hydrogen) atoms. The second-order valence-electron chi connectivity index (χ2n) is 5.52. The van der Waals surface area contributed by atoms with Gasteiger partial charge in [0.25, 0.3) is 0 Å². The Morgan fingerprint density at radius 3 is 2.22 bits per heavy atom. The average molecular weight is 388 g/mol. The monoisotopic (exact) mass is 388 g/mol. The molecule has 8 heteroatoms. The van der Waals surface area contributed by atoms with Crippen molar-refractivity contribution in [3.8, 4) is 0 Å². The largest absolute Gasteiger partial charge is 0.465 e. The lowest BCUT2D eigenvalue weighted by Crippen LogP contribution is -2.37. The molecule has 0 aliphatic heterocycles. The fraction of sp³-hybridized carbons (Fsp3) is 0.211. The van der Waals surface area contributed by atoms with Crippen LogP contribution in [0.5, 0.6) is 0 Å². The molecule has 0 spiro atoms. The quantitative estimate of drug-likeness (QED) is 0.397. The second-order valence-corrected chi connectivity index (χ2v) is 6.40. The Bertz CT molecular complexity index is 806. The third-order valence-electron chi connectivity index (χ3n) is 3.73. The van der Waals surface area contributed by atoms with Gasteiger partial charge in [-0.3, -0.25) is 9.59 Å². The number of anilines is 1. The Labute approximate surface area is 161 Å². The minimum absolute atomic E-state index is 0.0911.